The third kappa shape index (κ3) is 6.65. The van der Waals surface area contributed by atoms with Gasteiger partial charge in [0.1, 0.15) is 0 Å². The van der Waals surface area contributed by atoms with Crippen molar-refractivity contribution in [1.29, 1.82) is 0 Å². The lowest BCUT2D eigenvalue weighted by molar-refractivity contribution is -0.143. The molecule has 33 heavy (non-hydrogen) atoms. The van der Waals surface area contributed by atoms with Crippen molar-refractivity contribution in [3.8, 4) is 0 Å². The van der Waals surface area contributed by atoms with E-state index in [2.05, 4.69) is 0 Å². The number of thiocarbonyl (C=S) groups is 1. The molecule has 0 spiro atoms. The van der Waals surface area contributed by atoms with Crippen molar-refractivity contribution in [2.75, 3.05) is 0 Å². The fraction of sp³-hybridized carbons (Fsp3) is 0.240. The van der Waals surface area contributed by atoms with Gasteiger partial charge in [-0.3, -0.25) is 0 Å². The molecular weight excluding hydrogens is 460 g/mol. The number of halogens is 6. The second kappa shape index (κ2) is 10.1. The molecule has 0 amide bonds. The predicted molar refractivity (Wildman–Crippen MR) is 120 cm³/mol. The molecule has 3 aromatic rings. The Morgan fingerprint density at radius 2 is 1.18 bits per heavy atom. The van der Waals surface area contributed by atoms with Crippen LogP contribution < -0.4 is 5.73 Å². The van der Waals surface area contributed by atoms with Crippen molar-refractivity contribution < 1.29 is 26.3 Å². The summed E-state index contributed by atoms with van der Waals surface area (Å²) in [4.78, 5) is 0.322. The Balaban J connectivity index is 1.89. The highest BCUT2D eigenvalue weighted by molar-refractivity contribution is 7.80. The molecule has 0 aliphatic rings. The van der Waals surface area contributed by atoms with Crippen molar-refractivity contribution >= 4 is 17.1 Å². The summed E-state index contributed by atoms with van der Waals surface area (Å²) in [5.74, 6) is -0.297. The number of rotatable bonds is 7. The van der Waals surface area contributed by atoms with E-state index < -0.39 is 29.5 Å². The summed E-state index contributed by atoms with van der Waals surface area (Å²) in [5.41, 5.74) is 5.42. The first-order valence-corrected chi connectivity index (χ1v) is 10.5. The molecule has 0 aromatic heterocycles. The van der Waals surface area contributed by atoms with Crippen LogP contribution in [-0.2, 0) is 18.8 Å². The minimum absolute atomic E-state index is 0.116. The maximum Gasteiger partial charge on any atom is 0.416 e. The molecule has 0 saturated carbocycles. The first-order valence-electron chi connectivity index (χ1n) is 10.1. The van der Waals surface area contributed by atoms with E-state index in [9.17, 15) is 26.3 Å². The van der Waals surface area contributed by atoms with Gasteiger partial charge in [-0.05, 0) is 46.2 Å². The smallest absolute Gasteiger partial charge is 0.323 e. The Morgan fingerprint density at radius 3 is 1.64 bits per heavy atom. The first kappa shape index (κ1) is 24.9. The molecule has 174 valence electrons. The highest BCUT2D eigenvalue weighted by Gasteiger charge is 2.37. The molecule has 0 radical (unpaired) electrons. The van der Waals surface area contributed by atoms with Gasteiger partial charge in [0.25, 0.3) is 0 Å². The summed E-state index contributed by atoms with van der Waals surface area (Å²) >= 11 is 5.44. The van der Waals surface area contributed by atoms with E-state index >= 15 is 0 Å². The highest BCUT2D eigenvalue weighted by Crippen LogP contribution is 2.37. The van der Waals surface area contributed by atoms with E-state index in [0.717, 1.165) is 23.3 Å². The van der Waals surface area contributed by atoms with Crippen LogP contribution in [0.5, 0.6) is 0 Å². The van der Waals surface area contributed by atoms with Crippen LogP contribution in [0.15, 0.2) is 78.9 Å². The zero-order valence-corrected chi connectivity index (χ0v) is 18.1. The van der Waals surface area contributed by atoms with Gasteiger partial charge in [-0.2, -0.15) is 26.3 Å². The number of benzene rings is 3. The second-order valence-corrected chi connectivity index (χ2v) is 8.36. The largest absolute Gasteiger partial charge is 0.416 e. The van der Waals surface area contributed by atoms with Crippen LogP contribution in [0.2, 0.25) is 0 Å². The van der Waals surface area contributed by atoms with E-state index in [1.807, 2.05) is 60.7 Å². The molecular formula is C25H21F6NS. The van der Waals surface area contributed by atoms with Gasteiger partial charge in [0.05, 0.1) is 11.1 Å². The topological polar surface area (TPSA) is 26.0 Å². The maximum absolute atomic E-state index is 13.2. The molecule has 2 atom stereocenters. The van der Waals surface area contributed by atoms with Gasteiger partial charge < -0.3 is 5.73 Å². The van der Waals surface area contributed by atoms with Crippen molar-refractivity contribution in [2.45, 2.75) is 37.2 Å². The Labute approximate surface area is 193 Å². The Morgan fingerprint density at radius 1 is 0.727 bits per heavy atom. The van der Waals surface area contributed by atoms with Gasteiger partial charge in [-0.25, -0.2) is 0 Å². The van der Waals surface area contributed by atoms with Crippen LogP contribution in [0, 0.1) is 0 Å². The summed E-state index contributed by atoms with van der Waals surface area (Å²) in [6.07, 6.45) is -9.78. The van der Waals surface area contributed by atoms with Crippen molar-refractivity contribution in [3.05, 3.63) is 107 Å². The van der Waals surface area contributed by atoms with Crippen LogP contribution in [0.1, 0.15) is 46.2 Å². The van der Waals surface area contributed by atoms with Gasteiger partial charge in [0.15, 0.2) is 0 Å². The summed E-state index contributed by atoms with van der Waals surface area (Å²) in [6.45, 7) is 0. The zero-order chi connectivity index (χ0) is 24.2. The van der Waals surface area contributed by atoms with Crippen molar-refractivity contribution in [2.24, 2.45) is 5.73 Å². The molecule has 8 heteroatoms. The summed E-state index contributed by atoms with van der Waals surface area (Å²) in [6, 6.07) is 19.6. The van der Waals surface area contributed by atoms with E-state index in [1.54, 1.807) is 0 Å². The summed E-state index contributed by atoms with van der Waals surface area (Å²) in [7, 11) is 0. The molecule has 0 aliphatic heterocycles. The third-order valence-corrected chi connectivity index (χ3v) is 5.65. The molecule has 3 rings (SSSR count). The monoisotopic (exact) mass is 481 g/mol. The quantitative estimate of drug-likeness (QED) is 0.279. The fourth-order valence-corrected chi connectivity index (χ4v) is 4.07. The Hall–Kier alpha value is -2.71. The van der Waals surface area contributed by atoms with Crippen LogP contribution in [0.3, 0.4) is 0 Å². The Bertz CT molecular complexity index is 1050. The molecule has 0 unspecified atom stereocenters. The maximum atomic E-state index is 13.2. The van der Waals surface area contributed by atoms with Crippen molar-refractivity contribution in [1.82, 2.24) is 0 Å². The zero-order valence-electron chi connectivity index (χ0n) is 17.3. The van der Waals surface area contributed by atoms with E-state index in [1.165, 1.54) is 0 Å². The van der Waals surface area contributed by atoms with E-state index in [4.69, 9.17) is 18.0 Å². The standard InChI is InChI=1S/C25H21F6NS/c26-24(27,28)19-11-16(12-20(14-19)25(29,30)31)13-21(33)15-22(17-7-3-1-4-8-17)23(32)18-9-5-2-6-10-18/h1-12,14,22-23H,13,15,32H2/t22-,23-/m1/s1. The normalized spacial score (nSPS) is 14.0. The molecule has 0 fully saturated rings. The van der Waals surface area contributed by atoms with Crippen LogP contribution >= 0.6 is 12.2 Å². The lowest BCUT2D eigenvalue weighted by atomic mass is 9.83. The Kier molecular flexibility index (Phi) is 7.59. The molecule has 0 aliphatic carbocycles. The molecule has 0 heterocycles. The lowest BCUT2D eigenvalue weighted by Crippen LogP contribution is -2.22. The lowest BCUT2D eigenvalue weighted by Gasteiger charge is -2.25. The van der Waals surface area contributed by atoms with E-state index in [-0.39, 0.29) is 30.4 Å². The average molecular weight is 482 g/mol. The average Bonchev–Trinajstić information content (AvgIpc) is 2.77. The fourth-order valence-electron chi connectivity index (χ4n) is 3.73. The molecule has 0 saturated heterocycles. The summed E-state index contributed by atoms with van der Waals surface area (Å²) < 4.78 is 79.1. The van der Waals surface area contributed by atoms with Gasteiger partial charge in [-0.1, -0.05) is 72.9 Å². The number of hydrogen-bond acceptors (Lipinski definition) is 2. The number of hydrogen-bond donors (Lipinski definition) is 1. The highest BCUT2D eigenvalue weighted by atomic mass is 32.1. The summed E-state index contributed by atoms with van der Waals surface area (Å²) in [5, 5.41) is 0. The molecule has 2 N–H and O–H groups in total. The minimum atomic E-state index is -4.90. The van der Waals surface area contributed by atoms with Gasteiger partial charge in [0, 0.05) is 18.4 Å². The van der Waals surface area contributed by atoms with Gasteiger partial charge in [0.2, 0.25) is 0 Å². The van der Waals surface area contributed by atoms with Crippen LogP contribution in [-0.4, -0.2) is 4.86 Å². The SMILES string of the molecule is N[C@H](c1ccccc1)[C@H](CC(=S)Cc1cc(C(F)(F)F)cc(C(F)(F)F)c1)c1ccccc1. The second-order valence-electron chi connectivity index (χ2n) is 7.79. The first-order chi connectivity index (χ1) is 15.4. The van der Waals surface area contributed by atoms with Crippen LogP contribution in [0.25, 0.3) is 0 Å². The minimum Gasteiger partial charge on any atom is -0.323 e. The molecule has 1 nitrogen and oxygen atoms in total. The van der Waals surface area contributed by atoms with E-state index in [0.29, 0.717) is 4.86 Å². The predicted octanol–water partition coefficient (Wildman–Crippen LogP) is 7.51. The van der Waals surface area contributed by atoms with Crippen molar-refractivity contribution in [3.63, 3.8) is 0 Å². The third-order valence-electron chi connectivity index (χ3n) is 5.34. The molecule has 3 aromatic carbocycles. The molecule has 0 bridgehead atoms. The number of nitrogens with two attached hydrogens (primary N) is 1. The van der Waals surface area contributed by atoms with Crippen LogP contribution in [0.4, 0.5) is 26.3 Å². The number of alkyl halides is 6. The van der Waals surface area contributed by atoms with Gasteiger partial charge >= 0.3 is 12.4 Å². The van der Waals surface area contributed by atoms with Gasteiger partial charge in [-0.15, -0.1) is 0 Å².